The molecule has 3 nitrogen and oxygen atoms in total. The van der Waals surface area contributed by atoms with Crippen molar-refractivity contribution in [1.29, 1.82) is 0 Å². The molecule has 0 unspecified atom stereocenters. The maximum Gasteiger partial charge on any atom is 0.264 e. The highest BCUT2D eigenvalue weighted by molar-refractivity contribution is 7.12. The van der Waals surface area contributed by atoms with Gasteiger partial charge in [-0.15, -0.1) is 11.3 Å². The third-order valence-electron chi connectivity index (χ3n) is 4.00. The van der Waals surface area contributed by atoms with Crippen LogP contribution in [0.1, 0.15) is 22.2 Å². The summed E-state index contributed by atoms with van der Waals surface area (Å²) >= 11 is 1.59. The minimum Gasteiger partial charge on any atom is -0.337 e. The van der Waals surface area contributed by atoms with Crippen LogP contribution in [0, 0.1) is 11.8 Å². The molecule has 0 aromatic carbocycles. The molecule has 1 aromatic heterocycles. The number of nitrogens with one attached hydrogen (secondary N) is 1. The van der Waals surface area contributed by atoms with Gasteiger partial charge in [0.2, 0.25) is 0 Å². The van der Waals surface area contributed by atoms with Gasteiger partial charge >= 0.3 is 0 Å². The van der Waals surface area contributed by atoms with E-state index in [0.717, 1.165) is 37.5 Å². The van der Waals surface area contributed by atoms with Crippen molar-refractivity contribution >= 4 is 17.2 Å². The third kappa shape index (κ3) is 1.89. The zero-order valence-corrected chi connectivity index (χ0v) is 10.9. The molecule has 3 heterocycles. The fourth-order valence-corrected chi connectivity index (χ4v) is 3.93. The Balaban J connectivity index is 1.75. The van der Waals surface area contributed by atoms with Crippen LogP contribution in [0.3, 0.4) is 0 Å². The maximum absolute atomic E-state index is 12.4. The molecule has 0 aliphatic carbocycles. The molecule has 2 aliphatic rings. The maximum atomic E-state index is 12.4. The molecule has 3 rings (SSSR count). The standard InChI is InChI=1S/C13H18N2OS/c1-2-9-3-4-17-12(9)13(16)15-7-10-5-14-6-11(10)8-15/h3-4,10-11,14H,2,5-8H2,1H3/t10-,11+. The topological polar surface area (TPSA) is 32.3 Å². The summed E-state index contributed by atoms with van der Waals surface area (Å²) in [6.45, 7) is 6.16. The van der Waals surface area contributed by atoms with E-state index in [0.29, 0.717) is 11.8 Å². The van der Waals surface area contributed by atoms with Crippen LogP contribution in [0.2, 0.25) is 0 Å². The van der Waals surface area contributed by atoms with Crippen LogP contribution in [0.5, 0.6) is 0 Å². The Morgan fingerprint density at radius 1 is 1.47 bits per heavy atom. The molecule has 2 atom stereocenters. The summed E-state index contributed by atoms with van der Waals surface area (Å²) in [7, 11) is 0. The van der Waals surface area contributed by atoms with Crippen LogP contribution in [-0.4, -0.2) is 37.0 Å². The van der Waals surface area contributed by atoms with Crippen molar-refractivity contribution in [2.45, 2.75) is 13.3 Å². The van der Waals surface area contributed by atoms with Crippen molar-refractivity contribution in [2.24, 2.45) is 11.8 Å². The molecule has 1 amide bonds. The van der Waals surface area contributed by atoms with Gasteiger partial charge < -0.3 is 10.2 Å². The fourth-order valence-electron chi connectivity index (χ4n) is 2.97. The number of carbonyl (C=O) groups is 1. The Morgan fingerprint density at radius 3 is 2.82 bits per heavy atom. The van der Waals surface area contributed by atoms with Crippen LogP contribution >= 0.6 is 11.3 Å². The van der Waals surface area contributed by atoms with E-state index in [1.54, 1.807) is 11.3 Å². The lowest BCUT2D eigenvalue weighted by Crippen LogP contribution is -2.31. The summed E-state index contributed by atoms with van der Waals surface area (Å²) in [5.74, 6) is 1.62. The SMILES string of the molecule is CCc1ccsc1C(=O)N1C[C@H]2CNC[C@H]2C1. The van der Waals surface area contributed by atoms with Gasteiger partial charge in [0, 0.05) is 26.2 Å². The number of thiophene rings is 1. The number of aryl methyl sites for hydroxylation is 1. The lowest BCUT2D eigenvalue weighted by atomic mass is 10.0. The predicted octanol–water partition coefficient (Wildman–Crippen LogP) is 1.60. The van der Waals surface area contributed by atoms with E-state index in [2.05, 4.69) is 23.2 Å². The Labute approximate surface area is 106 Å². The van der Waals surface area contributed by atoms with Crippen LogP contribution in [0.4, 0.5) is 0 Å². The molecule has 92 valence electrons. The second-order valence-electron chi connectivity index (χ2n) is 5.02. The van der Waals surface area contributed by atoms with Gasteiger partial charge in [-0.2, -0.15) is 0 Å². The number of carbonyl (C=O) groups excluding carboxylic acids is 1. The quantitative estimate of drug-likeness (QED) is 0.865. The first kappa shape index (κ1) is 11.2. The summed E-state index contributed by atoms with van der Waals surface area (Å²) in [5, 5.41) is 5.44. The highest BCUT2D eigenvalue weighted by atomic mass is 32.1. The number of amides is 1. The molecule has 0 spiro atoms. The van der Waals surface area contributed by atoms with E-state index in [4.69, 9.17) is 0 Å². The van der Waals surface area contributed by atoms with Crippen molar-refractivity contribution < 1.29 is 4.79 Å². The number of likely N-dealkylation sites (tertiary alicyclic amines) is 1. The van der Waals surface area contributed by atoms with E-state index in [1.165, 1.54) is 5.56 Å². The number of fused-ring (bicyclic) bond motifs is 1. The number of rotatable bonds is 2. The molecule has 0 radical (unpaired) electrons. The number of hydrogen-bond acceptors (Lipinski definition) is 3. The molecule has 2 fully saturated rings. The zero-order valence-electron chi connectivity index (χ0n) is 10.1. The van der Waals surface area contributed by atoms with Gasteiger partial charge in [0.25, 0.3) is 5.91 Å². The van der Waals surface area contributed by atoms with E-state index < -0.39 is 0 Å². The molecule has 4 heteroatoms. The van der Waals surface area contributed by atoms with Gasteiger partial charge in [-0.25, -0.2) is 0 Å². The minimum absolute atomic E-state index is 0.256. The van der Waals surface area contributed by atoms with Crippen molar-refractivity contribution in [3.63, 3.8) is 0 Å². The minimum atomic E-state index is 0.256. The third-order valence-corrected chi connectivity index (χ3v) is 4.94. The van der Waals surface area contributed by atoms with Crippen molar-refractivity contribution in [3.8, 4) is 0 Å². The Morgan fingerprint density at radius 2 is 2.18 bits per heavy atom. The molecule has 0 bridgehead atoms. The lowest BCUT2D eigenvalue weighted by molar-refractivity contribution is 0.0785. The highest BCUT2D eigenvalue weighted by Crippen LogP contribution is 2.29. The van der Waals surface area contributed by atoms with E-state index in [1.807, 2.05) is 5.38 Å². The Bertz CT molecular complexity index is 417. The van der Waals surface area contributed by atoms with E-state index in [9.17, 15) is 4.79 Å². The summed E-state index contributed by atoms with van der Waals surface area (Å²) in [6, 6.07) is 2.08. The van der Waals surface area contributed by atoms with E-state index >= 15 is 0 Å². The molecule has 2 aliphatic heterocycles. The first-order chi connectivity index (χ1) is 8.29. The van der Waals surface area contributed by atoms with Crippen LogP contribution in [0.15, 0.2) is 11.4 Å². The van der Waals surface area contributed by atoms with Crippen LogP contribution in [0.25, 0.3) is 0 Å². The Kier molecular flexibility index (Phi) is 2.92. The smallest absolute Gasteiger partial charge is 0.264 e. The molecule has 17 heavy (non-hydrogen) atoms. The summed E-state index contributed by atoms with van der Waals surface area (Å²) in [4.78, 5) is 15.5. The largest absolute Gasteiger partial charge is 0.337 e. The van der Waals surface area contributed by atoms with Gasteiger partial charge in [0.05, 0.1) is 4.88 Å². The first-order valence-electron chi connectivity index (χ1n) is 6.36. The van der Waals surface area contributed by atoms with Gasteiger partial charge in [0.15, 0.2) is 0 Å². The lowest BCUT2D eigenvalue weighted by Gasteiger charge is -2.17. The molecule has 1 N–H and O–H groups in total. The van der Waals surface area contributed by atoms with Crippen molar-refractivity contribution in [1.82, 2.24) is 10.2 Å². The summed E-state index contributed by atoms with van der Waals surface area (Å²) < 4.78 is 0. The van der Waals surface area contributed by atoms with Crippen molar-refractivity contribution in [2.75, 3.05) is 26.2 Å². The molecule has 1 aromatic rings. The average Bonchev–Trinajstić information content (AvgIpc) is 3.02. The first-order valence-corrected chi connectivity index (χ1v) is 7.24. The zero-order chi connectivity index (χ0) is 11.8. The van der Waals surface area contributed by atoms with Crippen LogP contribution < -0.4 is 5.32 Å². The molecular weight excluding hydrogens is 232 g/mol. The average molecular weight is 250 g/mol. The van der Waals surface area contributed by atoms with Gasteiger partial charge in [-0.1, -0.05) is 6.92 Å². The highest BCUT2D eigenvalue weighted by Gasteiger charge is 2.38. The summed E-state index contributed by atoms with van der Waals surface area (Å²) in [5.41, 5.74) is 1.20. The van der Waals surface area contributed by atoms with Gasteiger partial charge in [-0.05, 0) is 35.3 Å². The second-order valence-corrected chi connectivity index (χ2v) is 5.93. The summed E-state index contributed by atoms with van der Waals surface area (Å²) in [6.07, 6.45) is 0.951. The van der Waals surface area contributed by atoms with Crippen molar-refractivity contribution in [3.05, 3.63) is 21.9 Å². The normalized spacial score (nSPS) is 27.5. The number of nitrogens with zero attached hydrogens (tertiary/aromatic N) is 1. The molecule has 2 saturated heterocycles. The predicted molar refractivity (Wildman–Crippen MR) is 69.5 cm³/mol. The second kappa shape index (κ2) is 4.42. The van der Waals surface area contributed by atoms with E-state index in [-0.39, 0.29) is 5.91 Å². The number of hydrogen-bond donors (Lipinski definition) is 1. The van der Waals surface area contributed by atoms with Gasteiger partial charge in [-0.3, -0.25) is 4.79 Å². The van der Waals surface area contributed by atoms with Crippen LogP contribution in [-0.2, 0) is 6.42 Å². The molecule has 0 saturated carbocycles. The monoisotopic (exact) mass is 250 g/mol. The van der Waals surface area contributed by atoms with Gasteiger partial charge in [0.1, 0.15) is 0 Å². The molecular formula is C13H18N2OS. The fraction of sp³-hybridized carbons (Fsp3) is 0.615. The Hall–Kier alpha value is -0.870.